The zero-order chi connectivity index (χ0) is 23.9. The minimum atomic E-state index is -0.923. The fourth-order valence-electron chi connectivity index (χ4n) is 6.72. The van der Waals surface area contributed by atoms with E-state index in [2.05, 4.69) is 33.1 Å². The number of carboxylic acids is 1. The number of nitrogens with zero attached hydrogens (tertiary/aromatic N) is 3. The first-order valence-corrected chi connectivity index (χ1v) is 14.5. The summed E-state index contributed by atoms with van der Waals surface area (Å²) in [5.74, 6) is -0.301. The standard InChI is InChI=1S/C28H34ClN3O2S.2ClH/c29-22-10-9-20-23(18-7-3-1-4-8-18)25-21(24(20)22)17-32(14-13-31-11-5-2-6-12-31)16-19-15-30-27(28(33)34)35-26(19)25;;/h9-10,17-18,24H,1-8,11-16H2,(H,33,34);2*1H. The van der Waals surface area contributed by atoms with Crippen LogP contribution in [0.25, 0.3) is 0 Å². The molecule has 0 aromatic rings. The number of thioether (sulfide) groups is 1. The van der Waals surface area contributed by atoms with Gasteiger partial charge in [0.25, 0.3) is 0 Å². The molecule has 6 aliphatic rings. The van der Waals surface area contributed by atoms with Gasteiger partial charge in [-0.05, 0) is 78.6 Å². The van der Waals surface area contributed by atoms with Crippen molar-refractivity contribution in [2.75, 3.05) is 39.3 Å². The van der Waals surface area contributed by atoms with Gasteiger partial charge >= 0.3 is 5.97 Å². The number of hydrogen-bond donors (Lipinski definition) is 1. The van der Waals surface area contributed by atoms with Gasteiger partial charge < -0.3 is 14.9 Å². The number of piperidine rings is 1. The summed E-state index contributed by atoms with van der Waals surface area (Å²) < 4.78 is 0. The molecule has 3 aliphatic carbocycles. The maximum Gasteiger partial charge on any atom is 0.361 e. The lowest BCUT2D eigenvalue weighted by Crippen LogP contribution is -2.37. The second-order valence-electron chi connectivity index (χ2n) is 10.6. The fraction of sp³-hybridized carbons (Fsp3) is 0.571. The molecule has 3 heterocycles. The van der Waals surface area contributed by atoms with Crippen LogP contribution >= 0.6 is 48.2 Å². The SMILES string of the molecule is Cl.Cl.O=C(O)C1=NCC2=C(S1)C1=C(C3CCCCC3)C3=CC=C(Cl)C3C1=CN(CCN1CCCCC1)C2. The van der Waals surface area contributed by atoms with Crippen LogP contribution in [-0.2, 0) is 4.79 Å². The molecule has 0 spiro atoms. The van der Waals surface area contributed by atoms with Crippen LogP contribution in [-0.4, -0.2) is 65.2 Å². The van der Waals surface area contributed by atoms with Crippen molar-refractivity contribution >= 4 is 59.2 Å². The molecule has 1 saturated carbocycles. The van der Waals surface area contributed by atoms with E-state index < -0.39 is 5.97 Å². The van der Waals surface area contributed by atoms with Gasteiger partial charge in [0.05, 0.1) is 6.54 Å². The summed E-state index contributed by atoms with van der Waals surface area (Å²) in [6, 6.07) is 0. The molecule has 9 heteroatoms. The second-order valence-corrected chi connectivity index (χ2v) is 12.1. The van der Waals surface area contributed by atoms with Crippen molar-refractivity contribution in [3.63, 3.8) is 0 Å². The van der Waals surface area contributed by atoms with Gasteiger partial charge in [-0.2, -0.15) is 0 Å². The highest BCUT2D eigenvalue weighted by Gasteiger charge is 2.44. The molecule has 37 heavy (non-hydrogen) atoms. The van der Waals surface area contributed by atoms with Crippen molar-refractivity contribution in [2.45, 2.75) is 51.4 Å². The Morgan fingerprint density at radius 2 is 1.76 bits per heavy atom. The molecule has 3 aliphatic heterocycles. The molecule has 0 amide bonds. The Morgan fingerprint density at radius 3 is 2.49 bits per heavy atom. The number of carboxylic acid groups (broad SMARTS) is 1. The molecule has 1 unspecified atom stereocenters. The fourth-order valence-corrected chi connectivity index (χ4v) is 8.04. The number of rotatable bonds is 5. The van der Waals surface area contributed by atoms with Crippen molar-refractivity contribution < 1.29 is 9.90 Å². The molecule has 0 aromatic heterocycles. The molecule has 0 bridgehead atoms. The molecule has 1 N–H and O–H groups in total. The van der Waals surface area contributed by atoms with Gasteiger partial charge in [-0.15, -0.1) is 24.8 Å². The van der Waals surface area contributed by atoms with E-state index in [4.69, 9.17) is 11.6 Å². The third-order valence-corrected chi connectivity index (χ3v) is 9.95. The summed E-state index contributed by atoms with van der Waals surface area (Å²) in [5, 5.41) is 10.9. The Hall–Kier alpha value is -1.18. The average molecular weight is 585 g/mol. The molecule has 0 aromatic carbocycles. The quantitative estimate of drug-likeness (QED) is 0.396. The normalized spacial score (nSPS) is 26.1. The molecule has 5 nitrogen and oxygen atoms in total. The number of halogens is 3. The number of likely N-dealkylation sites (tertiary alicyclic amines) is 1. The molecule has 1 atom stereocenters. The van der Waals surface area contributed by atoms with Crippen molar-refractivity contribution in [2.24, 2.45) is 16.8 Å². The Morgan fingerprint density at radius 1 is 1.03 bits per heavy atom. The van der Waals surface area contributed by atoms with Crippen LogP contribution in [0.2, 0.25) is 0 Å². The van der Waals surface area contributed by atoms with Crippen molar-refractivity contribution in [1.29, 1.82) is 0 Å². The molecule has 6 rings (SSSR count). The predicted molar refractivity (Wildman–Crippen MR) is 158 cm³/mol. The van der Waals surface area contributed by atoms with Crippen LogP contribution in [0.1, 0.15) is 51.4 Å². The van der Waals surface area contributed by atoms with Crippen LogP contribution in [0.5, 0.6) is 0 Å². The first-order valence-electron chi connectivity index (χ1n) is 13.3. The van der Waals surface area contributed by atoms with Crippen molar-refractivity contribution in [3.8, 4) is 0 Å². The third kappa shape index (κ3) is 5.60. The van der Waals surface area contributed by atoms with E-state index >= 15 is 0 Å². The lowest BCUT2D eigenvalue weighted by Gasteiger charge is -2.30. The van der Waals surface area contributed by atoms with Crippen molar-refractivity contribution in [3.05, 3.63) is 56.2 Å². The topological polar surface area (TPSA) is 56.1 Å². The Kier molecular flexibility index (Phi) is 9.61. The van der Waals surface area contributed by atoms with E-state index in [1.807, 2.05) is 0 Å². The predicted octanol–water partition coefficient (Wildman–Crippen LogP) is 6.57. The number of carbonyl (C=O) groups is 1. The summed E-state index contributed by atoms with van der Waals surface area (Å²) in [6.07, 6.45) is 16.9. The third-order valence-electron chi connectivity index (χ3n) is 8.41. The first-order chi connectivity index (χ1) is 17.1. The molecule has 2 fully saturated rings. The summed E-state index contributed by atoms with van der Waals surface area (Å²) in [7, 11) is 0. The highest BCUT2D eigenvalue weighted by Crippen LogP contribution is 2.58. The van der Waals surface area contributed by atoms with Crippen molar-refractivity contribution in [1.82, 2.24) is 9.80 Å². The lowest BCUT2D eigenvalue weighted by molar-refractivity contribution is -0.129. The highest BCUT2D eigenvalue weighted by molar-refractivity contribution is 8.19. The van der Waals surface area contributed by atoms with E-state index in [1.54, 1.807) is 0 Å². The van der Waals surface area contributed by atoms with Crippen LogP contribution in [0.4, 0.5) is 0 Å². The number of fused-ring (bicyclic) bond motifs is 4. The number of hydrogen-bond acceptors (Lipinski definition) is 5. The summed E-state index contributed by atoms with van der Waals surface area (Å²) >= 11 is 8.24. The molecule has 0 radical (unpaired) electrons. The van der Waals surface area contributed by atoms with Gasteiger partial charge in [0.15, 0.2) is 5.04 Å². The number of aliphatic imine (C=N–C) groups is 1. The summed E-state index contributed by atoms with van der Waals surface area (Å²) in [4.78, 5) is 22.6. The van der Waals surface area contributed by atoms with Crippen LogP contribution in [0.15, 0.2) is 61.1 Å². The number of aliphatic carboxylic acids is 1. The largest absolute Gasteiger partial charge is 0.476 e. The van der Waals surface area contributed by atoms with Gasteiger partial charge in [0.1, 0.15) is 0 Å². The van der Waals surface area contributed by atoms with Crippen LogP contribution < -0.4 is 0 Å². The van der Waals surface area contributed by atoms with E-state index in [1.165, 1.54) is 104 Å². The van der Waals surface area contributed by atoms with E-state index in [0.29, 0.717) is 12.5 Å². The maximum atomic E-state index is 11.9. The van der Waals surface area contributed by atoms with Gasteiger partial charge in [0, 0.05) is 41.7 Å². The first kappa shape index (κ1) is 28.8. The smallest absolute Gasteiger partial charge is 0.361 e. The Balaban J connectivity index is 0.00000160. The minimum Gasteiger partial charge on any atom is -0.476 e. The Labute approximate surface area is 241 Å². The summed E-state index contributed by atoms with van der Waals surface area (Å²) in [5.41, 5.74) is 6.62. The van der Waals surface area contributed by atoms with E-state index in [9.17, 15) is 9.90 Å². The van der Waals surface area contributed by atoms with Crippen LogP contribution in [0.3, 0.4) is 0 Å². The number of allylic oxidation sites excluding steroid dienone is 7. The van der Waals surface area contributed by atoms with Gasteiger partial charge in [-0.25, -0.2) is 4.79 Å². The van der Waals surface area contributed by atoms with E-state index in [-0.39, 0.29) is 35.8 Å². The molecule has 202 valence electrons. The van der Waals surface area contributed by atoms with Gasteiger partial charge in [-0.3, -0.25) is 4.99 Å². The Bertz CT molecular complexity index is 1110. The van der Waals surface area contributed by atoms with Gasteiger partial charge in [-0.1, -0.05) is 55.1 Å². The average Bonchev–Trinajstić information content (AvgIpc) is 3.36. The lowest BCUT2D eigenvalue weighted by atomic mass is 9.80. The zero-order valence-electron chi connectivity index (χ0n) is 21.1. The van der Waals surface area contributed by atoms with Gasteiger partial charge in [0.2, 0.25) is 0 Å². The maximum absolute atomic E-state index is 11.9. The highest BCUT2D eigenvalue weighted by atomic mass is 35.5. The van der Waals surface area contributed by atoms with E-state index in [0.717, 1.165) is 29.6 Å². The monoisotopic (exact) mass is 583 g/mol. The summed E-state index contributed by atoms with van der Waals surface area (Å²) in [6.45, 7) is 5.71. The van der Waals surface area contributed by atoms with Crippen LogP contribution in [0, 0.1) is 11.8 Å². The second kappa shape index (κ2) is 12.3. The zero-order valence-corrected chi connectivity index (χ0v) is 24.3. The minimum absolute atomic E-state index is 0. The molecular weight excluding hydrogens is 549 g/mol. The molecular formula is C28H36Cl3N3O2S. The molecule has 1 saturated heterocycles.